The van der Waals surface area contributed by atoms with E-state index < -0.39 is 0 Å². The molecule has 0 amide bonds. The number of rotatable bonds is 5. The van der Waals surface area contributed by atoms with Gasteiger partial charge in [-0.15, -0.1) is 11.3 Å². The number of aromatic nitrogens is 2. The molecule has 2 aromatic rings. The molecule has 0 bridgehead atoms. The van der Waals surface area contributed by atoms with Crippen LogP contribution in [0.3, 0.4) is 0 Å². The summed E-state index contributed by atoms with van der Waals surface area (Å²) >= 11 is 6.65. The van der Waals surface area contributed by atoms with E-state index in [0.29, 0.717) is 10.8 Å². The number of thiazole rings is 1. The van der Waals surface area contributed by atoms with E-state index in [9.17, 15) is 0 Å². The number of thiocarbonyl (C=S) groups is 1. The highest BCUT2D eigenvalue weighted by Crippen LogP contribution is 2.24. The molecule has 2 aromatic heterocycles. The number of pyridine rings is 1. The first-order chi connectivity index (χ1) is 8.72. The lowest BCUT2D eigenvalue weighted by Crippen LogP contribution is -2.17. The van der Waals surface area contributed by atoms with Gasteiger partial charge in [-0.25, -0.2) is 9.97 Å². The predicted octanol–water partition coefficient (Wildman–Crippen LogP) is 2.74. The Balaban J connectivity index is 2.25. The second kappa shape index (κ2) is 5.88. The van der Waals surface area contributed by atoms with Crippen molar-refractivity contribution in [3.63, 3.8) is 0 Å². The van der Waals surface area contributed by atoms with Gasteiger partial charge in [0, 0.05) is 17.8 Å². The van der Waals surface area contributed by atoms with Crippen LogP contribution < -0.4 is 11.1 Å². The maximum atomic E-state index is 5.69. The molecule has 2 rings (SSSR count). The Hall–Kier alpha value is -1.53. The Morgan fingerprint density at radius 2 is 2.33 bits per heavy atom. The quantitative estimate of drug-likeness (QED) is 0.823. The molecular weight excluding hydrogens is 264 g/mol. The van der Waals surface area contributed by atoms with E-state index in [4.69, 9.17) is 18.0 Å². The van der Waals surface area contributed by atoms with E-state index >= 15 is 0 Å². The number of anilines is 1. The van der Waals surface area contributed by atoms with E-state index in [-0.39, 0.29) is 6.04 Å². The zero-order valence-corrected chi connectivity index (χ0v) is 11.6. The molecule has 2 heterocycles. The molecule has 3 N–H and O–H groups in total. The van der Waals surface area contributed by atoms with Crippen LogP contribution in [0.25, 0.3) is 0 Å². The summed E-state index contributed by atoms with van der Waals surface area (Å²) in [5, 5.41) is 6.35. The summed E-state index contributed by atoms with van der Waals surface area (Å²) < 4.78 is 0. The van der Waals surface area contributed by atoms with Gasteiger partial charge in [0.15, 0.2) is 0 Å². The standard InChI is InChI=1S/C12H14N4S2/c1-2-9(12-15-6-7-18-12)16-11-8(10(13)17)4-3-5-14-11/h3-7,9H,2H2,1H3,(H2,13,17)(H,14,16). The van der Waals surface area contributed by atoms with Gasteiger partial charge in [-0.3, -0.25) is 0 Å². The molecule has 0 fully saturated rings. The Labute approximate surface area is 115 Å². The van der Waals surface area contributed by atoms with E-state index in [1.165, 1.54) is 0 Å². The van der Waals surface area contributed by atoms with Gasteiger partial charge in [0.2, 0.25) is 0 Å². The van der Waals surface area contributed by atoms with Crippen LogP contribution in [0.2, 0.25) is 0 Å². The van der Waals surface area contributed by atoms with Crippen LogP contribution in [0, 0.1) is 0 Å². The molecule has 0 radical (unpaired) electrons. The number of hydrogen-bond donors (Lipinski definition) is 2. The fourth-order valence-corrected chi connectivity index (χ4v) is 2.57. The number of hydrogen-bond acceptors (Lipinski definition) is 5. The number of nitrogens with one attached hydrogen (secondary N) is 1. The van der Waals surface area contributed by atoms with Crippen molar-refractivity contribution in [3.05, 3.63) is 40.5 Å². The van der Waals surface area contributed by atoms with E-state index in [2.05, 4.69) is 22.2 Å². The minimum absolute atomic E-state index is 0.132. The Morgan fingerprint density at radius 3 is 2.94 bits per heavy atom. The first-order valence-corrected chi connectivity index (χ1v) is 6.92. The van der Waals surface area contributed by atoms with Gasteiger partial charge in [-0.2, -0.15) is 0 Å². The van der Waals surface area contributed by atoms with Gasteiger partial charge >= 0.3 is 0 Å². The normalized spacial score (nSPS) is 12.1. The van der Waals surface area contributed by atoms with E-state index in [0.717, 1.165) is 17.0 Å². The summed E-state index contributed by atoms with van der Waals surface area (Å²) in [6.45, 7) is 2.10. The van der Waals surface area contributed by atoms with Crippen molar-refractivity contribution in [2.75, 3.05) is 5.32 Å². The molecule has 0 aliphatic carbocycles. The second-order valence-electron chi connectivity index (χ2n) is 3.74. The Kier molecular flexibility index (Phi) is 4.22. The van der Waals surface area contributed by atoms with Crippen molar-refractivity contribution in [2.45, 2.75) is 19.4 Å². The molecule has 0 aliphatic rings. The third-order valence-electron chi connectivity index (χ3n) is 2.54. The smallest absolute Gasteiger partial charge is 0.136 e. The molecule has 18 heavy (non-hydrogen) atoms. The number of nitrogens with two attached hydrogens (primary N) is 1. The van der Waals surface area contributed by atoms with Gasteiger partial charge in [0.1, 0.15) is 15.8 Å². The van der Waals surface area contributed by atoms with E-state index in [1.54, 1.807) is 23.7 Å². The SMILES string of the molecule is CCC(Nc1ncccc1C(N)=S)c1nccs1. The van der Waals surface area contributed by atoms with Gasteiger partial charge in [-0.1, -0.05) is 19.1 Å². The molecule has 0 saturated carbocycles. The molecule has 6 heteroatoms. The first kappa shape index (κ1) is 12.9. The molecule has 1 atom stereocenters. The molecule has 94 valence electrons. The summed E-state index contributed by atoms with van der Waals surface area (Å²) in [5.74, 6) is 0.715. The topological polar surface area (TPSA) is 63.8 Å². The van der Waals surface area contributed by atoms with Gasteiger partial charge in [-0.05, 0) is 18.6 Å². The third-order valence-corrected chi connectivity index (χ3v) is 3.65. The van der Waals surface area contributed by atoms with Crippen LogP contribution in [0.4, 0.5) is 5.82 Å². The average molecular weight is 278 g/mol. The minimum atomic E-state index is 0.132. The fourth-order valence-electron chi connectivity index (χ4n) is 1.63. The Bertz CT molecular complexity index is 525. The highest BCUT2D eigenvalue weighted by atomic mass is 32.1. The number of nitrogens with zero attached hydrogens (tertiary/aromatic N) is 2. The van der Waals surface area contributed by atoms with Crippen LogP contribution >= 0.6 is 23.6 Å². The first-order valence-electron chi connectivity index (χ1n) is 5.63. The van der Waals surface area contributed by atoms with E-state index in [1.807, 2.05) is 17.5 Å². The maximum Gasteiger partial charge on any atom is 0.136 e. The highest BCUT2D eigenvalue weighted by Gasteiger charge is 2.14. The van der Waals surface area contributed by atoms with Crippen molar-refractivity contribution < 1.29 is 0 Å². The lowest BCUT2D eigenvalue weighted by molar-refractivity contribution is 0.737. The van der Waals surface area contributed by atoms with Crippen LogP contribution in [0.5, 0.6) is 0 Å². The van der Waals surface area contributed by atoms with Crippen molar-refractivity contribution in [3.8, 4) is 0 Å². The summed E-state index contributed by atoms with van der Waals surface area (Å²) in [7, 11) is 0. The molecule has 0 aromatic carbocycles. The zero-order valence-electron chi connectivity index (χ0n) is 9.96. The van der Waals surface area contributed by atoms with Gasteiger partial charge in [0.05, 0.1) is 11.6 Å². The molecular formula is C12H14N4S2. The summed E-state index contributed by atoms with van der Waals surface area (Å²) in [4.78, 5) is 8.96. The van der Waals surface area contributed by atoms with Crippen LogP contribution in [-0.2, 0) is 0 Å². The summed E-state index contributed by atoms with van der Waals surface area (Å²) in [6.07, 6.45) is 4.44. The lowest BCUT2D eigenvalue weighted by Gasteiger charge is -2.17. The van der Waals surface area contributed by atoms with Crippen molar-refractivity contribution in [2.24, 2.45) is 5.73 Å². The van der Waals surface area contributed by atoms with Crippen molar-refractivity contribution in [1.82, 2.24) is 9.97 Å². The molecule has 4 nitrogen and oxygen atoms in total. The fraction of sp³-hybridized carbons (Fsp3) is 0.250. The highest BCUT2D eigenvalue weighted by molar-refractivity contribution is 7.80. The predicted molar refractivity (Wildman–Crippen MR) is 78.9 cm³/mol. The van der Waals surface area contributed by atoms with Crippen LogP contribution in [-0.4, -0.2) is 15.0 Å². The zero-order chi connectivity index (χ0) is 13.0. The van der Waals surface area contributed by atoms with Crippen LogP contribution in [0.1, 0.15) is 30.0 Å². The van der Waals surface area contributed by atoms with Gasteiger partial charge in [0.25, 0.3) is 0 Å². The summed E-state index contributed by atoms with van der Waals surface area (Å²) in [5.41, 5.74) is 6.46. The second-order valence-corrected chi connectivity index (χ2v) is 5.11. The van der Waals surface area contributed by atoms with Crippen molar-refractivity contribution in [1.29, 1.82) is 0 Å². The largest absolute Gasteiger partial charge is 0.389 e. The van der Waals surface area contributed by atoms with Crippen molar-refractivity contribution >= 4 is 34.4 Å². The maximum absolute atomic E-state index is 5.69. The monoisotopic (exact) mass is 278 g/mol. The minimum Gasteiger partial charge on any atom is -0.389 e. The van der Waals surface area contributed by atoms with Gasteiger partial charge < -0.3 is 11.1 Å². The Morgan fingerprint density at radius 1 is 1.50 bits per heavy atom. The summed E-state index contributed by atoms with van der Waals surface area (Å²) in [6, 6.07) is 3.82. The third kappa shape index (κ3) is 2.83. The lowest BCUT2D eigenvalue weighted by atomic mass is 10.2. The molecule has 0 spiro atoms. The molecule has 1 unspecified atom stereocenters. The average Bonchev–Trinajstić information content (AvgIpc) is 2.90. The molecule has 0 aliphatic heterocycles. The van der Waals surface area contributed by atoms with Crippen LogP contribution in [0.15, 0.2) is 29.9 Å². The molecule has 0 saturated heterocycles.